The second kappa shape index (κ2) is 9.58. The number of carbonyl (C=O) groups excluding carboxylic acids is 3. The summed E-state index contributed by atoms with van der Waals surface area (Å²) in [6, 6.07) is 19.8. The van der Waals surface area contributed by atoms with Gasteiger partial charge in [0.1, 0.15) is 23.7 Å². The molecule has 0 aromatic heterocycles. The minimum absolute atomic E-state index is 0.157. The number of anilines is 1. The second-order valence-corrected chi connectivity index (χ2v) is 7.51. The van der Waals surface area contributed by atoms with E-state index >= 15 is 0 Å². The maximum Gasteiger partial charge on any atom is 0.335 e. The van der Waals surface area contributed by atoms with Crippen molar-refractivity contribution in [3.05, 3.63) is 94.5 Å². The summed E-state index contributed by atoms with van der Waals surface area (Å²) in [5.74, 6) is -0.291. The van der Waals surface area contributed by atoms with Gasteiger partial charge in [-0.3, -0.25) is 14.9 Å². The van der Waals surface area contributed by atoms with E-state index in [0.717, 1.165) is 10.5 Å². The third-order valence-electron chi connectivity index (χ3n) is 4.98. The molecule has 8 heteroatoms. The molecule has 1 aliphatic rings. The molecule has 0 bridgehead atoms. The first kappa shape index (κ1) is 22.1. The van der Waals surface area contributed by atoms with Crippen molar-refractivity contribution in [3.8, 4) is 11.5 Å². The maximum absolute atomic E-state index is 13.0. The lowest BCUT2D eigenvalue weighted by Crippen LogP contribution is -2.54. The molecule has 33 heavy (non-hydrogen) atoms. The number of amides is 4. The molecule has 0 radical (unpaired) electrons. The van der Waals surface area contributed by atoms with Crippen LogP contribution in [0.5, 0.6) is 11.5 Å². The van der Waals surface area contributed by atoms with Crippen LogP contribution in [0.4, 0.5) is 10.5 Å². The van der Waals surface area contributed by atoms with Crippen LogP contribution in [0.1, 0.15) is 11.1 Å². The molecule has 0 saturated carbocycles. The van der Waals surface area contributed by atoms with Crippen LogP contribution >= 0.6 is 11.6 Å². The van der Waals surface area contributed by atoms with Gasteiger partial charge in [0.2, 0.25) is 0 Å². The number of urea groups is 1. The second-order valence-electron chi connectivity index (χ2n) is 7.10. The third-order valence-corrected chi connectivity index (χ3v) is 5.34. The van der Waals surface area contributed by atoms with E-state index in [1.54, 1.807) is 54.6 Å². The summed E-state index contributed by atoms with van der Waals surface area (Å²) in [7, 11) is 1.51. The highest BCUT2D eigenvalue weighted by molar-refractivity contribution is 6.39. The van der Waals surface area contributed by atoms with Crippen molar-refractivity contribution in [2.45, 2.75) is 6.61 Å². The van der Waals surface area contributed by atoms with Gasteiger partial charge in [0.25, 0.3) is 11.8 Å². The van der Waals surface area contributed by atoms with E-state index in [9.17, 15) is 14.4 Å². The minimum atomic E-state index is -0.810. The Kier molecular flexibility index (Phi) is 6.42. The molecule has 1 saturated heterocycles. The van der Waals surface area contributed by atoms with Gasteiger partial charge in [0, 0.05) is 10.6 Å². The Bertz CT molecular complexity index is 1240. The average molecular weight is 463 g/mol. The summed E-state index contributed by atoms with van der Waals surface area (Å²) in [5, 5.41) is 2.82. The number of halogens is 1. The largest absolute Gasteiger partial charge is 0.497 e. The number of hydrogen-bond donors (Lipinski definition) is 1. The molecule has 0 spiro atoms. The van der Waals surface area contributed by atoms with Gasteiger partial charge in [-0.2, -0.15) is 0 Å². The molecule has 0 aliphatic carbocycles. The van der Waals surface area contributed by atoms with Crippen molar-refractivity contribution >= 4 is 41.2 Å². The number of ether oxygens (including phenoxy) is 2. The molecule has 0 unspecified atom stereocenters. The van der Waals surface area contributed by atoms with Gasteiger partial charge in [-0.05, 0) is 54.1 Å². The first-order chi connectivity index (χ1) is 16.0. The van der Waals surface area contributed by atoms with Gasteiger partial charge in [0.05, 0.1) is 12.8 Å². The fourth-order valence-electron chi connectivity index (χ4n) is 3.23. The Labute approximate surface area is 195 Å². The van der Waals surface area contributed by atoms with Crippen molar-refractivity contribution in [1.82, 2.24) is 5.32 Å². The van der Waals surface area contributed by atoms with Crippen LogP contribution in [-0.4, -0.2) is 25.0 Å². The first-order valence-corrected chi connectivity index (χ1v) is 10.4. The monoisotopic (exact) mass is 462 g/mol. The van der Waals surface area contributed by atoms with Crippen LogP contribution in [0, 0.1) is 0 Å². The van der Waals surface area contributed by atoms with Gasteiger partial charge in [0.15, 0.2) is 0 Å². The zero-order valence-electron chi connectivity index (χ0n) is 17.6. The van der Waals surface area contributed by atoms with Crippen LogP contribution in [0.25, 0.3) is 6.08 Å². The number of carbonyl (C=O) groups is 3. The normalized spacial score (nSPS) is 14.9. The van der Waals surface area contributed by atoms with Crippen molar-refractivity contribution in [2.75, 3.05) is 12.0 Å². The van der Waals surface area contributed by atoms with E-state index in [-0.39, 0.29) is 5.57 Å². The number of barbiturate groups is 1. The number of imide groups is 2. The van der Waals surface area contributed by atoms with Crippen molar-refractivity contribution in [3.63, 3.8) is 0 Å². The summed E-state index contributed by atoms with van der Waals surface area (Å²) >= 11 is 6.14. The van der Waals surface area contributed by atoms with Crippen LogP contribution in [0.2, 0.25) is 5.02 Å². The summed E-state index contributed by atoms with van der Waals surface area (Å²) in [5.41, 5.74) is 1.62. The Morgan fingerprint density at radius 3 is 2.24 bits per heavy atom. The topological polar surface area (TPSA) is 84.9 Å². The van der Waals surface area contributed by atoms with E-state index in [1.807, 2.05) is 18.2 Å². The molecule has 166 valence electrons. The van der Waals surface area contributed by atoms with Gasteiger partial charge in [-0.15, -0.1) is 0 Å². The number of rotatable bonds is 6. The minimum Gasteiger partial charge on any atom is -0.497 e. The van der Waals surface area contributed by atoms with E-state index in [1.165, 1.54) is 13.2 Å². The predicted molar refractivity (Wildman–Crippen MR) is 124 cm³/mol. The molecule has 4 rings (SSSR count). The number of benzene rings is 3. The highest BCUT2D eigenvalue weighted by Crippen LogP contribution is 2.25. The molecule has 1 heterocycles. The van der Waals surface area contributed by atoms with Gasteiger partial charge < -0.3 is 9.47 Å². The zero-order chi connectivity index (χ0) is 23.4. The van der Waals surface area contributed by atoms with E-state index in [2.05, 4.69) is 5.32 Å². The zero-order valence-corrected chi connectivity index (χ0v) is 18.3. The van der Waals surface area contributed by atoms with E-state index < -0.39 is 17.8 Å². The first-order valence-electron chi connectivity index (χ1n) is 9.98. The van der Waals surface area contributed by atoms with Crippen molar-refractivity contribution in [2.24, 2.45) is 0 Å². The summed E-state index contributed by atoms with van der Waals surface area (Å²) in [4.78, 5) is 38.5. The quantitative estimate of drug-likeness (QED) is 0.427. The number of nitrogens with zero attached hydrogens (tertiary/aromatic N) is 1. The Morgan fingerprint density at radius 1 is 0.909 bits per heavy atom. The molecular weight excluding hydrogens is 444 g/mol. The Hall–Kier alpha value is -4.10. The highest BCUT2D eigenvalue weighted by atomic mass is 35.5. The smallest absolute Gasteiger partial charge is 0.335 e. The Morgan fingerprint density at radius 2 is 1.58 bits per heavy atom. The molecule has 3 aromatic carbocycles. The maximum atomic E-state index is 13.0. The van der Waals surface area contributed by atoms with Crippen LogP contribution in [-0.2, 0) is 16.2 Å². The molecule has 4 amide bonds. The summed E-state index contributed by atoms with van der Waals surface area (Å²) in [6.45, 7) is 0.305. The summed E-state index contributed by atoms with van der Waals surface area (Å²) in [6.07, 6.45) is 1.43. The molecular formula is C25H19ClN2O5. The van der Waals surface area contributed by atoms with Crippen LogP contribution in [0.3, 0.4) is 0 Å². The van der Waals surface area contributed by atoms with Crippen LogP contribution in [0.15, 0.2) is 78.4 Å². The molecule has 1 N–H and O–H groups in total. The fraction of sp³-hybridized carbons (Fsp3) is 0.0800. The number of methoxy groups -OCH3 is 1. The molecule has 0 atom stereocenters. The lowest BCUT2D eigenvalue weighted by atomic mass is 10.1. The molecule has 7 nitrogen and oxygen atoms in total. The van der Waals surface area contributed by atoms with Gasteiger partial charge in [-0.1, -0.05) is 41.9 Å². The average Bonchev–Trinajstić information content (AvgIpc) is 2.82. The predicted octanol–water partition coefficient (Wildman–Crippen LogP) is 4.59. The number of hydrogen-bond acceptors (Lipinski definition) is 5. The Balaban J connectivity index is 1.51. The standard InChI is InChI=1S/C25H19ClN2O5/c1-32-19-12-8-18(9-13-19)28-24(30)21(23(29)27-25(28)31)14-16-6-10-20(11-7-16)33-15-17-4-2-3-5-22(17)26/h2-14H,15H2,1H3,(H,27,29,31)/b21-14+. The van der Waals surface area contributed by atoms with Crippen LogP contribution < -0.4 is 19.7 Å². The van der Waals surface area contributed by atoms with Gasteiger partial charge in [-0.25, -0.2) is 9.69 Å². The molecule has 3 aromatic rings. The fourth-order valence-corrected chi connectivity index (χ4v) is 3.42. The van der Waals surface area contributed by atoms with E-state index in [4.69, 9.17) is 21.1 Å². The van der Waals surface area contributed by atoms with Crippen molar-refractivity contribution in [1.29, 1.82) is 0 Å². The lowest BCUT2D eigenvalue weighted by Gasteiger charge is -2.26. The molecule has 1 aliphatic heterocycles. The summed E-state index contributed by atoms with van der Waals surface area (Å²) < 4.78 is 10.9. The SMILES string of the molecule is COc1ccc(N2C(=O)NC(=O)/C(=C\c3ccc(OCc4ccccc4Cl)cc3)C2=O)cc1. The highest BCUT2D eigenvalue weighted by Gasteiger charge is 2.36. The van der Waals surface area contributed by atoms with E-state index in [0.29, 0.717) is 34.4 Å². The molecule has 1 fully saturated rings. The van der Waals surface area contributed by atoms with Gasteiger partial charge >= 0.3 is 6.03 Å². The third kappa shape index (κ3) is 4.88. The van der Waals surface area contributed by atoms with Crippen molar-refractivity contribution < 1.29 is 23.9 Å². The lowest BCUT2D eigenvalue weighted by molar-refractivity contribution is -0.122. The number of nitrogens with one attached hydrogen (secondary N) is 1.